The van der Waals surface area contributed by atoms with Crippen molar-refractivity contribution in [3.8, 4) is 0 Å². The van der Waals surface area contributed by atoms with E-state index in [1.165, 1.54) is 28.9 Å². The highest BCUT2D eigenvalue weighted by atomic mass is 16.7. The van der Waals surface area contributed by atoms with Crippen LogP contribution in [0.15, 0.2) is 18.2 Å². The summed E-state index contributed by atoms with van der Waals surface area (Å²) >= 11 is 0. The van der Waals surface area contributed by atoms with Gasteiger partial charge in [0.15, 0.2) is 0 Å². The molecule has 1 aromatic carbocycles. The molecule has 0 aliphatic carbocycles. The highest BCUT2D eigenvalue weighted by molar-refractivity contribution is 5.44. The second-order valence-corrected chi connectivity index (χ2v) is 5.56. The van der Waals surface area contributed by atoms with Crippen molar-refractivity contribution < 1.29 is 9.63 Å². The summed E-state index contributed by atoms with van der Waals surface area (Å²) in [5, 5.41) is 1.35. The maximum Gasteiger partial charge on any atom is 0.233 e. The lowest BCUT2D eigenvalue weighted by atomic mass is 9.96. The Labute approximate surface area is 121 Å². The summed E-state index contributed by atoms with van der Waals surface area (Å²) in [5.41, 5.74) is 4.25. The zero-order valence-corrected chi connectivity index (χ0v) is 12.6. The molecule has 0 saturated heterocycles. The molecule has 1 aromatic rings. The second-order valence-electron chi connectivity index (χ2n) is 5.56. The van der Waals surface area contributed by atoms with Gasteiger partial charge in [-0.3, -0.25) is 14.5 Å². The van der Waals surface area contributed by atoms with Crippen LogP contribution < -0.4 is 0 Å². The Hall–Kier alpha value is -1.39. The molecule has 0 bridgehead atoms. The van der Waals surface area contributed by atoms with Crippen molar-refractivity contribution in [2.45, 2.75) is 39.3 Å². The number of carbonyl (C=O) groups is 1. The molecule has 4 nitrogen and oxygen atoms in total. The molecule has 0 saturated carbocycles. The van der Waals surface area contributed by atoms with Crippen molar-refractivity contribution in [2.75, 3.05) is 20.2 Å². The van der Waals surface area contributed by atoms with Crippen molar-refractivity contribution >= 4 is 6.41 Å². The molecule has 4 heteroatoms. The van der Waals surface area contributed by atoms with Crippen molar-refractivity contribution in [3.63, 3.8) is 0 Å². The number of carbonyl (C=O) groups excluding carboxylic acids is 1. The van der Waals surface area contributed by atoms with Crippen LogP contribution in [0.2, 0.25) is 0 Å². The van der Waals surface area contributed by atoms with Crippen molar-refractivity contribution in [2.24, 2.45) is 0 Å². The fraction of sp³-hybridized carbons (Fsp3) is 0.562. The van der Waals surface area contributed by atoms with Crippen molar-refractivity contribution in [3.05, 3.63) is 34.9 Å². The summed E-state index contributed by atoms with van der Waals surface area (Å²) in [7, 11) is 1.53. The predicted octanol–water partition coefficient (Wildman–Crippen LogP) is 2.15. The fourth-order valence-corrected chi connectivity index (χ4v) is 2.77. The van der Waals surface area contributed by atoms with E-state index in [1.807, 2.05) is 0 Å². The number of nitrogens with zero attached hydrogens (tertiary/aromatic N) is 2. The normalized spacial score (nSPS) is 16.6. The maximum absolute atomic E-state index is 10.7. The van der Waals surface area contributed by atoms with Gasteiger partial charge in [0.2, 0.25) is 6.41 Å². The van der Waals surface area contributed by atoms with E-state index in [0.717, 1.165) is 32.3 Å². The Kier molecular flexibility index (Phi) is 5.15. The first-order chi connectivity index (χ1) is 9.63. The average Bonchev–Trinajstić information content (AvgIpc) is 2.47. The molecule has 1 aliphatic rings. The summed E-state index contributed by atoms with van der Waals surface area (Å²) < 4.78 is 0. The highest BCUT2D eigenvalue weighted by Gasteiger charge is 2.21. The van der Waals surface area contributed by atoms with Gasteiger partial charge in [0, 0.05) is 25.7 Å². The number of rotatable bonds is 6. The zero-order valence-electron chi connectivity index (χ0n) is 12.6. The van der Waals surface area contributed by atoms with Crippen molar-refractivity contribution in [1.29, 1.82) is 0 Å². The summed E-state index contributed by atoms with van der Waals surface area (Å²) in [5.74, 6) is 0. The highest BCUT2D eigenvalue weighted by Crippen LogP contribution is 2.22. The SMILES string of the molecule is CON(C=O)CCC(C)N1CCc2ccc(C)cc2C1. The lowest BCUT2D eigenvalue weighted by molar-refractivity contribution is -0.161. The van der Waals surface area contributed by atoms with Crippen LogP contribution in [0, 0.1) is 6.92 Å². The van der Waals surface area contributed by atoms with Gasteiger partial charge in [-0.15, -0.1) is 0 Å². The molecule has 0 N–H and O–H groups in total. The van der Waals surface area contributed by atoms with Gasteiger partial charge in [0.1, 0.15) is 0 Å². The predicted molar refractivity (Wildman–Crippen MR) is 79.2 cm³/mol. The van der Waals surface area contributed by atoms with Gasteiger partial charge in [-0.1, -0.05) is 23.8 Å². The van der Waals surface area contributed by atoms with Gasteiger partial charge >= 0.3 is 0 Å². The molecule has 1 atom stereocenters. The number of amides is 1. The molecule has 20 heavy (non-hydrogen) atoms. The Morgan fingerprint density at radius 3 is 2.95 bits per heavy atom. The quantitative estimate of drug-likeness (QED) is 0.589. The molecule has 2 rings (SSSR count). The third-order valence-corrected chi connectivity index (χ3v) is 4.15. The van der Waals surface area contributed by atoms with Gasteiger partial charge in [-0.25, -0.2) is 5.06 Å². The first-order valence-electron chi connectivity index (χ1n) is 7.22. The van der Waals surface area contributed by atoms with Gasteiger partial charge in [-0.05, 0) is 37.8 Å². The first kappa shape index (κ1) is 15.0. The van der Waals surface area contributed by atoms with Gasteiger partial charge in [0.05, 0.1) is 7.11 Å². The van der Waals surface area contributed by atoms with Gasteiger partial charge in [-0.2, -0.15) is 0 Å². The summed E-state index contributed by atoms with van der Waals surface area (Å²) in [6, 6.07) is 7.19. The molecule has 0 radical (unpaired) electrons. The Morgan fingerprint density at radius 2 is 2.25 bits per heavy atom. The van der Waals surface area contributed by atoms with Crippen LogP contribution in [-0.4, -0.2) is 42.6 Å². The molecule has 0 spiro atoms. The monoisotopic (exact) mass is 276 g/mol. The number of benzene rings is 1. The minimum absolute atomic E-state index is 0.446. The molecule has 110 valence electrons. The Bertz CT molecular complexity index is 462. The van der Waals surface area contributed by atoms with Crippen LogP contribution in [0.3, 0.4) is 0 Å². The standard InChI is InChI=1S/C16H24N2O2/c1-13-4-5-15-7-8-17(11-16(15)10-13)14(2)6-9-18(12-19)20-3/h4-5,10,12,14H,6-9,11H2,1-3H3. The van der Waals surface area contributed by atoms with Crippen LogP contribution >= 0.6 is 0 Å². The topological polar surface area (TPSA) is 32.8 Å². The molecule has 1 aliphatic heterocycles. The molecule has 0 aromatic heterocycles. The van der Waals surface area contributed by atoms with E-state index in [4.69, 9.17) is 4.84 Å². The largest absolute Gasteiger partial charge is 0.296 e. The van der Waals surface area contributed by atoms with E-state index in [9.17, 15) is 4.79 Å². The van der Waals surface area contributed by atoms with E-state index in [1.54, 1.807) is 0 Å². The molecule has 1 amide bonds. The van der Waals surface area contributed by atoms with Crippen LogP contribution in [-0.2, 0) is 22.6 Å². The van der Waals surface area contributed by atoms with E-state index < -0.39 is 0 Å². The molecule has 1 unspecified atom stereocenters. The number of hydrogen-bond acceptors (Lipinski definition) is 3. The van der Waals surface area contributed by atoms with Crippen LogP contribution in [0.5, 0.6) is 0 Å². The number of hydroxylamine groups is 2. The van der Waals surface area contributed by atoms with Crippen LogP contribution in [0.1, 0.15) is 30.0 Å². The Morgan fingerprint density at radius 1 is 1.45 bits per heavy atom. The summed E-state index contributed by atoms with van der Waals surface area (Å²) in [4.78, 5) is 18.2. The number of hydrogen-bond donors (Lipinski definition) is 0. The van der Waals surface area contributed by atoms with E-state index in [0.29, 0.717) is 12.6 Å². The van der Waals surface area contributed by atoms with E-state index in [2.05, 4.69) is 36.9 Å². The van der Waals surface area contributed by atoms with Crippen LogP contribution in [0.4, 0.5) is 0 Å². The lowest BCUT2D eigenvalue weighted by Crippen LogP contribution is -2.39. The summed E-state index contributed by atoms with van der Waals surface area (Å²) in [6.07, 6.45) is 2.77. The Balaban J connectivity index is 1.92. The van der Waals surface area contributed by atoms with E-state index in [-0.39, 0.29) is 0 Å². The molecular formula is C16H24N2O2. The first-order valence-corrected chi connectivity index (χ1v) is 7.22. The summed E-state index contributed by atoms with van der Waals surface area (Å²) in [6.45, 7) is 7.10. The van der Waals surface area contributed by atoms with Crippen molar-refractivity contribution in [1.82, 2.24) is 9.96 Å². The third-order valence-electron chi connectivity index (χ3n) is 4.15. The maximum atomic E-state index is 10.7. The fourth-order valence-electron chi connectivity index (χ4n) is 2.77. The van der Waals surface area contributed by atoms with Crippen LogP contribution in [0.25, 0.3) is 0 Å². The minimum atomic E-state index is 0.446. The smallest absolute Gasteiger partial charge is 0.233 e. The van der Waals surface area contributed by atoms with Gasteiger partial charge in [0.25, 0.3) is 0 Å². The second kappa shape index (κ2) is 6.86. The van der Waals surface area contributed by atoms with Gasteiger partial charge < -0.3 is 0 Å². The third kappa shape index (κ3) is 3.58. The minimum Gasteiger partial charge on any atom is -0.296 e. The van der Waals surface area contributed by atoms with E-state index >= 15 is 0 Å². The molecule has 1 heterocycles. The lowest BCUT2D eigenvalue weighted by Gasteiger charge is -2.34. The number of aryl methyl sites for hydroxylation is 1. The molecular weight excluding hydrogens is 252 g/mol. The molecule has 0 fully saturated rings. The number of fused-ring (bicyclic) bond motifs is 1. The zero-order chi connectivity index (χ0) is 14.5. The average molecular weight is 276 g/mol.